The summed E-state index contributed by atoms with van der Waals surface area (Å²) in [5.74, 6) is 0.193. The summed E-state index contributed by atoms with van der Waals surface area (Å²) in [7, 11) is -0.619. The Bertz CT molecular complexity index is 2040. The van der Waals surface area contributed by atoms with Gasteiger partial charge in [-0.1, -0.05) is 48.5 Å². The Hall–Kier alpha value is -4.91. The van der Waals surface area contributed by atoms with Crippen LogP contribution in [0.2, 0.25) is 0 Å². The van der Waals surface area contributed by atoms with Crippen molar-refractivity contribution in [2.45, 2.75) is 11.3 Å². The minimum absolute atomic E-state index is 0.108. The summed E-state index contributed by atoms with van der Waals surface area (Å²) in [4.78, 5) is 27.7. The van der Waals surface area contributed by atoms with Gasteiger partial charge in [-0.25, -0.2) is 27.7 Å². The average molecular weight is 610 g/mol. The third-order valence-corrected chi connectivity index (χ3v) is 9.22. The molecule has 0 atom stereocenters. The number of fused-ring (bicyclic) bond motifs is 1. The largest absolute Gasteiger partial charge is 0.326 e. The molecule has 216 valence electrons. The van der Waals surface area contributed by atoms with Crippen LogP contribution in [0.25, 0.3) is 27.6 Å². The van der Waals surface area contributed by atoms with Crippen LogP contribution in [-0.4, -0.2) is 52.1 Å². The third-order valence-electron chi connectivity index (χ3n) is 6.66. The summed E-state index contributed by atoms with van der Waals surface area (Å²) in [5, 5.41) is 8.07. The van der Waals surface area contributed by atoms with Gasteiger partial charge in [-0.2, -0.15) is 0 Å². The highest BCUT2D eigenvalue weighted by Gasteiger charge is 2.20. The summed E-state index contributed by atoms with van der Waals surface area (Å²) < 4.78 is 28.4. The summed E-state index contributed by atoms with van der Waals surface area (Å²) in [5.41, 5.74) is 5.04. The van der Waals surface area contributed by atoms with Crippen LogP contribution in [0.1, 0.15) is 5.56 Å². The number of sulfonamides is 1. The number of amides is 1. The Labute approximate surface area is 252 Å². The fourth-order valence-electron chi connectivity index (χ4n) is 4.59. The zero-order chi connectivity index (χ0) is 30.0. The van der Waals surface area contributed by atoms with Crippen molar-refractivity contribution in [2.24, 2.45) is 0 Å². The molecule has 0 saturated heterocycles. The zero-order valence-corrected chi connectivity index (χ0v) is 24.9. The second-order valence-electron chi connectivity index (χ2n) is 9.86. The predicted octanol–water partition coefficient (Wildman–Crippen LogP) is 5.69. The maximum absolute atomic E-state index is 12.7. The highest BCUT2D eigenvalue weighted by Crippen LogP contribution is 2.35. The van der Waals surface area contributed by atoms with Gasteiger partial charge in [-0.3, -0.25) is 9.20 Å². The molecule has 0 bridgehead atoms. The third kappa shape index (κ3) is 6.02. The molecule has 0 saturated carbocycles. The quantitative estimate of drug-likeness (QED) is 0.216. The summed E-state index contributed by atoms with van der Waals surface area (Å²) in [6, 6.07) is 25.5. The van der Waals surface area contributed by atoms with Gasteiger partial charge in [0, 0.05) is 48.8 Å². The molecular formula is C31H27N7O3S2. The zero-order valence-electron chi connectivity index (χ0n) is 23.3. The lowest BCUT2D eigenvalue weighted by molar-refractivity contribution is -0.115. The topological polar surface area (TPSA) is 122 Å². The van der Waals surface area contributed by atoms with E-state index in [1.807, 2.05) is 70.6 Å². The first-order chi connectivity index (χ1) is 20.8. The molecule has 0 unspecified atom stereocenters. The number of hydrogen-bond donors (Lipinski definition) is 2. The highest BCUT2D eigenvalue weighted by atomic mass is 32.2. The summed E-state index contributed by atoms with van der Waals surface area (Å²) in [6.45, 7) is 0. The Balaban J connectivity index is 1.31. The predicted molar refractivity (Wildman–Crippen MR) is 169 cm³/mol. The normalized spacial score (nSPS) is 11.6. The van der Waals surface area contributed by atoms with Crippen molar-refractivity contribution in [3.63, 3.8) is 0 Å². The van der Waals surface area contributed by atoms with Crippen LogP contribution >= 0.6 is 11.3 Å². The first-order valence-corrected chi connectivity index (χ1v) is 15.6. The van der Waals surface area contributed by atoms with E-state index >= 15 is 0 Å². The molecule has 0 aliphatic heterocycles. The van der Waals surface area contributed by atoms with Crippen molar-refractivity contribution < 1.29 is 13.2 Å². The molecule has 0 radical (unpaired) electrons. The molecule has 12 heteroatoms. The molecular weight excluding hydrogens is 583 g/mol. The molecule has 0 aliphatic rings. The number of nitrogens with zero attached hydrogens (tertiary/aromatic N) is 5. The SMILES string of the molecule is CN(C)S(=O)(=O)c1cccc(Nc2nccc(-c3c(-c4cccc(NC(=O)Cc5ccccc5)c4)nc4sccn34)n2)c1. The molecule has 1 amide bonds. The van der Waals surface area contributed by atoms with Gasteiger partial charge in [0.05, 0.1) is 22.7 Å². The fraction of sp³-hybridized carbons (Fsp3) is 0.0968. The highest BCUT2D eigenvalue weighted by molar-refractivity contribution is 7.89. The van der Waals surface area contributed by atoms with Crippen LogP contribution in [0.4, 0.5) is 17.3 Å². The molecule has 3 heterocycles. The minimum atomic E-state index is -3.60. The second-order valence-corrected chi connectivity index (χ2v) is 12.9. The van der Waals surface area contributed by atoms with Crippen LogP contribution in [-0.2, 0) is 21.2 Å². The van der Waals surface area contributed by atoms with Crippen LogP contribution in [0.15, 0.2) is 108 Å². The number of anilines is 3. The smallest absolute Gasteiger partial charge is 0.242 e. The lowest BCUT2D eigenvalue weighted by Gasteiger charge is -2.13. The molecule has 10 nitrogen and oxygen atoms in total. The fourth-order valence-corrected chi connectivity index (χ4v) is 6.25. The van der Waals surface area contributed by atoms with E-state index in [4.69, 9.17) is 9.97 Å². The average Bonchev–Trinajstić information content (AvgIpc) is 3.60. The summed E-state index contributed by atoms with van der Waals surface area (Å²) >= 11 is 1.50. The first kappa shape index (κ1) is 28.2. The number of imidazole rings is 1. The molecule has 0 fully saturated rings. The van der Waals surface area contributed by atoms with E-state index in [2.05, 4.69) is 15.6 Å². The second kappa shape index (κ2) is 11.8. The van der Waals surface area contributed by atoms with Crippen LogP contribution in [0.3, 0.4) is 0 Å². The van der Waals surface area contributed by atoms with Crippen LogP contribution in [0.5, 0.6) is 0 Å². The van der Waals surface area contributed by atoms with E-state index in [-0.39, 0.29) is 17.2 Å². The van der Waals surface area contributed by atoms with Gasteiger partial charge in [0.25, 0.3) is 0 Å². The molecule has 6 aromatic rings. The van der Waals surface area contributed by atoms with E-state index in [1.165, 1.54) is 29.7 Å². The van der Waals surface area contributed by atoms with Gasteiger partial charge < -0.3 is 10.6 Å². The lowest BCUT2D eigenvalue weighted by atomic mass is 10.1. The van der Waals surface area contributed by atoms with Crippen molar-refractivity contribution in [3.8, 4) is 22.6 Å². The summed E-state index contributed by atoms with van der Waals surface area (Å²) in [6.07, 6.45) is 3.85. The number of rotatable bonds is 9. The molecule has 3 aromatic heterocycles. The Morgan fingerprint density at radius 2 is 1.72 bits per heavy atom. The molecule has 2 N–H and O–H groups in total. The van der Waals surface area contributed by atoms with Gasteiger partial charge in [0.15, 0.2) is 4.96 Å². The number of thiazole rings is 1. The molecule has 3 aromatic carbocycles. The number of benzene rings is 3. The monoisotopic (exact) mass is 609 g/mol. The van der Waals surface area contributed by atoms with Crippen molar-refractivity contribution in [1.29, 1.82) is 0 Å². The number of carbonyl (C=O) groups excluding carboxylic acids is 1. The van der Waals surface area contributed by atoms with Crippen LogP contribution in [0, 0.1) is 0 Å². The van der Waals surface area contributed by atoms with Gasteiger partial charge in [0.2, 0.25) is 21.9 Å². The van der Waals surface area contributed by atoms with E-state index in [1.54, 1.807) is 36.5 Å². The molecule has 0 aliphatic carbocycles. The number of hydrogen-bond acceptors (Lipinski definition) is 8. The van der Waals surface area contributed by atoms with Crippen molar-refractivity contribution in [2.75, 3.05) is 24.7 Å². The van der Waals surface area contributed by atoms with Crippen molar-refractivity contribution >= 4 is 49.6 Å². The van der Waals surface area contributed by atoms with Crippen LogP contribution < -0.4 is 10.6 Å². The minimum Gasteiger partial charge on any atom is -0.326 e. The van der Waals surface area contributed by atoms with Gasteiger partial charge >= 0.3 is 0 Å². The first-order valence-electron chi connectivity index (χ1n) is 13.3. The number of nitrogens with one attached hydrogen (secondary N) is 2. The maximum atomic E-state index is 12.7. The van der Waals surface area contributed by atoms with E-state index in [0.29, 0.717) is 28.7 Å². The van der Waals surface area contributed by atoms with Gasteiger partial charge in [-0.05, 0) is 42.0 Å². The number of carbonyl (C=O) groups is 1. The lowest BCUT2D eigenvalue weighted by Crippen LogP contribution is -2.22. The molecule has 43 heavy (non-hydrogen) atoms. The van der Waals surface area contributed by atoms with E-state index < -0.39 is 10.0 Å². The van der Waals surface area contributed by atoms with E-state index in [0.717, 1.165) is 21.8 Å². The molecule has 0 spiro atoms. The van der Waals surface area contributed by atoms with Gasteiger partial charge in [0.1, 0.15) is 5.69 Å². The van der Waals surface area contributed by atoms with Gasteiger partial charge in [-0.15, -0.1) is 11.3 Å². The van der Waals surface area contributed by atoms with Crippen molar-refractivity contribution in [3.05, 3.63) is 108 Å². The van der Waals surface area contributed by atoms with E-state index in [9.17, 15) is 13.2 Å². The standard InChI is InChI=1S/C31H27N7O3S2/c1-37(2)43(40,41)25-13-7-12-24(20-25)34-30-32-15-14-26(35-30)29-28(36-31-38(29)16-17-42-31)22-10-6-11-23(19-22)33-27(39)18-21-8-4-3-5-9-21/h3-17,19-20H,18H2,1-2H3,(H,33,39)(H,32,34,35). The maximum Gasteiger partial charge on any atom is 0.242 e. The number of aromatic nitrogens is 4. The molecule has 6 rings (SSSR count). The Morgan fingerprint density at radius 1 is 0.930 bits per heavy atom. The Morgan fingerprint density at radius 3 is 2.53 bits per heavy atom. The Kier molecular flexibility index (Phi) is 7.72. The van der Waals surface area contributed by atoms with Crippen molar-refractivity contribution in [1.82, 2.24) is 23.7 Å².